The molecular weight excluding hydrogens is 1940 g/mol. The van der Waals surface area contributed by atoms with Gasteiger partial charge in [0.25, 0.3) is 0 Å². The molecule has 14 aliphatic rings. The molecule has 2 spiro atoms. The zero-order valence-electron chi connectivity index (χ0n) is 87.1. The van der Waals surface area contributed by atoms with E-state index in [4.69, 9.17) is 104 Å². The van der Waals surface area contributed by atoms with Gasteiger partial charge in [-0.3, -0.25) is 30.2 Å². The Kier molecular flexibility index (Phi) is 29.9. The van der Waals surface area contributed by atoms with Crippen LogP contribution in [0.25, 0.3) is 0 Å². The van der Waals surface area contributed by atoms with E-state index in [2.05, 4.69) is 31.4 Å². The fourth-order valence-corrected chi connectivity index (χ4v) is 25.7. The Labute approximate surface area is 865 Å². The fraction of sp³-hybridized carbons (Fsp3) is 0.579. The van der Waals surface area contributed by atoms with Crippen LogP contribution in [-0.4, -0.2) is 238 Å². The number of aliphatic hydroxyl groups excluding tert-OH is 1. The number of piperazine rings is 2. The van der Waals surface area contributed by atoms with Crippen LogP contribution in [0.3, 0.4) is 0 Å². The van der Waals surface area contributed by atoms with Gasteiger partial charge in [0.15, 0.2) is 80.1 Å². The van der Waals surface area contributed by atoms with Crippen LogP contribution in [0.5, 0.6) is 80.5 Å². The monoisotopic (exact) mass is 2080 g/mol. The van der Waals surface area contributed by atoms with Gasteiger partial charge in [-0.15, -0.1) is 23.5 Å². The number of aliphatic hydroxyl groups is 1. The van der Waals surface area contributed by atoms with E-state index in [1.54, 1.807) is 163 Å². The first kappa shape index (κ1) is 109. The lowest BCUT2D eigenvalue weighted by atomic mass is 9.71. The number of nitriles is 1. The van der Waals surface area contributed by atoms with Crippen molar-refractivity contribution in [3.05, 3.63) is 125 Å². The number of rotatable bonds is 10. The number of nitrogens with zero attached hydrogens (tertiary/aromatic N) is 5. The van der Waals surface area contributed by atoms with Crippen molar-refractivity contribution >= 4 is 72.4 Å². The number of esters is 2. The van der Waals surface area contributed by atoms with Crippen LogP contribution in [0.1, 0.15) is 263 Å². The average molecular weight is 2080 g/mol. The first-order valence-electron chi connectivity index (χ1n) is 48.4. The maximum atomic E-state index is 15.3. The second-order valence-corrected chi connectivity index (χ2v) is 46.4. The van der Waals surface area contributed by atoms with Crippen molar-refractivity contribution in [2.75, 3.05) is 93.9 Å². The zero-order valence-corrected chi connectivity index (χ0v) is 88.8. The van der Waals surface area contributed by atoms with E-state index >= 15 is 9.59 Å². The molecule has 0 radical (unpaired) electrons. The molecule has 14 aliphatic heterocycles. The van der Waals surface area contributed by atoms with Crippen LogP contribution >= 0.6 is 23.5 Å². The summed E-state index contributed by atoms with van der Waals surface area (Å²) in [4.78, 5) is 120. The highest BCUT2D eigenvalue weighted by molar-refractivity contribution is 7.99. The summed E-state index contributed by atoms with van der Waals surface area (Å²) >= 11 is 2.78. The molecule has 38 nitrogen and oxygen atoms in total. The molecule has 6 aromatic rings. The van der Waals surface area contributed by atoms with Crippen LogP contribution in [0.4, 0.5) is 28.8 Å². The minimum absolute atomic E-state index is 0. The minimum Gasteiger partial charge on any atom is -0.493 e. The molecule has 0 aromatic heterocycles. The van der Waals surface area contributed by atoms with Crippen molar-refractivity contribution in [2.45, 2.75) is 309 Å². The predicted molar refractivity (Wildman–Crippen MR) is 538 cm³/mol. The van der Waals surface area contributed by atoms with E-state index < -0.39 is 165 Å². The maximum absolute atomic E-state index is 15.3. The number of fused-ring (bicyclic) bond motifs is 18. The normalized spacial score (nSPS) is 25.0. The van der Waals surface area contributed by atoms with Gasteiger partial charge in [0.1, 0.15) is 70.6 Å². The van der Waals surface area contributed by atoms with Gasteiger partial charge in [0.2, 0.25) is 13.6 Å². The molecule has 14 atom stereocenters. The third kappa shape index (κ3) is 20.3. The third-order valence-corrected chi connectivity index (χ3v) is 30.6. The van der Waals surface area contributed by atoms with Crippen molar-refractivity contribution in [1.29, 1.82) is 5.26 Å². The standard InChI is InChI=1S/C53H64N4O15S.C52H65N3O16S.2CH4/c1-25-17-28-18-30-31(21-54)57-32-22-64-46(58)53(29-20-33(62-13)34(19-27(29)15-16-55-53)67-47(59)70-50(3,4)5)23-73-45(37-36(32)43-42(65-24-66-43)26(2)41(37)68-48(60)71-51(6,7)8)39(57)38(56(30)12)35(28)44(40(25)63-14)69-49(61)72-52(9,10)11;1-24-17-27-18-29-44(56)55-30-21-63-45(57)52(28-20-31(61-13)32(19-26(28)15-16-53-52)66-46(58)69-49(3,4)5)22-72-43(35-34(30)41-40(64-23-65-41)25(2)39(35)67-47(59)70-50(6,7)8)37(55)36(54(29)12)33(27)42(38(24)62-14)68-48(60)71-51(9,10)11;;/h17,19-20,30-32,38-39,45,55H,15-16,18,22-24H2,1-14H3;17,19-20,29-30,36-37,43-44,53,56H,15-16,18,21-23H2,1-14H3;2*1H4/t30-,31-,32-,38+,39?,45+,53+;29-,30-,36+,37?,43+,44-,52+;;/m00../s1. The van der Waals surface area contributed by atoms with E-state index in [0.29, 0.717) is 151 Å². The largest absolute Gasteiger partial charge is 0.514 e. The molecule has 0 amide bonds. The van der Waals surface area contributed by atoms with Crippen molar-refractivity contribution < 1.29 is 148 Å². The Morgan fingerprint density at radius 2 is 0.748 bits per heavy atom. The van der Waals surface area contributed by atoms with E-state index in [-0.39, 0.29) is 99.2 Å². The Morgan fingerprint density at radius 3 is 1.10 bits per heavy atom. The number of nitrogens with one attached hydrogen (secondary N) is 2. The lowest BCUT2D eigenvalue weighted by Crippen LogP contribution is -2.70. The van der Waals surface area contributed by atoms with Crippen molar-refractivity contribution in [3.8, 4) is 86.6 Å². The van der Waals surface area contributed by atoms with Gasteiger partial charge in [-0.1, -0.05) is 27.0 Å². The predicted octanol–water partition coefficient (Wildman–Crippen LogP) is 17.9. The van der Waals surface area contributed by atoms with Crippen LogP contribution in [0, 0.1) is 39.0 Å². The van der Waals surface area contributed by atoms with E-state index in [0.717, 1.165) is 11.1 Å². The Hall–Kier alpha value is -11.8. The molecule has 2 unspecified atom stereocenters. The highest BCUT2D eigenvalue weighted by Crippen LogP contribution is 2.69. The van der Waals surface area contributed by atoms with Crippen LogP contribution in [0.15, 0.2) is 36.4 Å². The summed E-state index contributed by atoms with van der Waals surface area (Å²) in [6, 6.07) is 6.97. The van der Waals surface area contributed by atoms with Crippen LogP contribution < -0.4 is 76.9 Å². The molecule has 147 heavy (non-hydrogen) atoms. The van der Waals surface area contributed by atoms with Crippen molar-refractivity contribution in [2.24, 2.45) is 0 Å². The second kappa shape index (κ2) is 40.3. The number of carbonyl (C=O) groups excluding carboxylic acids is 8. The van der Waals surface area contributed by atoms with Crippen molar-refractivity contribution in [1.82, 2.24) is 30.2 Å². The lowest BCUT2D eigenvalue weighted by Gasteiger charge is -2.62. The number of methoxy groups -OCH3 is 4. The third-order valence-electron chi connectivity index (χ3n) is 27.6. The lowest BCUT2D eigenvalue weighted by molar-refractivity contribution is -0.186. The first-order chi connectivity index (χ1) is 68.0. The van der Waals surface area contributed by atoms with Crippen LogP contribution in [-0.2, 0) is 84.2 Å². The summed E-state index contributed by atoms with van der Waals surface area (Å²) in [6.07, 6.45) is -5.18. The molecule has 0 aliphatic carbocycles. The molecule has 20 rings (SSSR count). The summed E-state index contributed by atoms with van der Waals surface area (Å²) < 4.78 is 133. The quantitative estimate of drug-likeness (QED) is 0.0651. The first-order valence-corrected chi connectivity index (χ1v) is 50.5. The zero-order chi connectivity index (χ0) is 105. The number of likely N-dealkylation sites (N-methyl/N-ethyl adjacent to an activating group) is 2. The summed E-state index contributed by atoms with van der Waals surface area (Å²) in [5, 5.41) is 30.0. The van der Waals surface area contributed by atoms with E-state index in [9.17, 15) is 39.1 Å². The summed E-state index contributed by atoms with van der Waals surface area (Å²) in [5.41, 5.74) is 1.57. The number of hydrogen-bond donors (Lipinski definition) is 3. The molecule has 0 saturated carbocycles. The molecule has 4 fully saturated rings. The molecule has 798 valence electrons. The van der Waals surface area contributed by atoms with Gasteiger partial charge < -0.3 is 109 Å². The molecule has 40 heteroatoms. The number of carbonyl (C=O) groups is 8. The van der Waals surface area contributed by atoms with Crippen LogP contribution in [0.2, 0.25) is 0 Å². The topological polar surface area (TPSA) is 421 Å². The highest BCUT2D eigenvalue weighted by atomic mass is 32.2. The summed E-state index contributed by atoms with van der Waals surface area (Å²) in [6.45, 7) is 38.4. The number of benzene rings is 6. The number of aryl methyl sites for hydroxylation is 2. The summed E-state index contributed by atoms with van der Waals surface area (Å²) in [7, 11) is 9.78. The van der Waals surface area contributed by atoms with E-state index in [1.807, 2.05) is 45.0 Å². The molecule has 14 heterocycles. The van der Waals surface area contributed by atoms with Gasteiger partial charge in [-0.05, 0) is 261 Å². The number of hydrogen-bond acceptors (Lipinski definition) is 40. The Balaban J connectivity index is 0.000000217. The molecule has 8 bridgehead atoms. The van der Waals surface area contributed by atoms with Gasteiger partial charge in [0.05, 0.1) is 75.2 Å². The highest BCUT2D eigenvalue weighted by Gasteiger charge is 2.66. The molecule has 6 aromatic carbocycles. The molecule has 4 saturated heterocycles. The van der Waals surface area contributed by atoms with Crippen molar-refractivity contribution in [3.63, 3.8) is 0 Å². The Bertz CT molecular complexity index is 6300. The fourth-order valence-electron chi connectivity index (χ4n) is 22.3. The molecule has 3 N–H and O–H groups in total. The summed E-state index contributed by atoms with van der Waals surface area (Å²) in [5.74, 6) is 2.14. The molecular formula is C107H137N7O31S2. The average Bonchev–Trinajstić information content (AvgIpc) is 1.56. The maximum Gasteiger partial charge on any atom is 0.514 e. The number of thioether (sulfide) groups is 2. The SMILES string of the molecule is C.C.COc1cc2c(cc1OC(=O)OC(C)(C)C)CCN[C@]21CS[C@@H]2c3c(OC(=O)OC(C)(C)C)c(C)c4c(c3[C@H](COC1=O)N1C2[C@H]2c3c(cc(C)c(OC)c3OC(=O)OC(C)(C)C)C[C@@H]([C@@H]1C#N)N2C)OCO4.COc1cc2c(cc1OC(=O)OC(C)(C)C)CCN[C@]21CS[C@@H]2c3c(OC(=O)OC(C)(C)C)c(C)c4c(c3[C@H](COC1=O)N1C2[C@H]2c3c(cc(C)c(OC)c3OC(=O)OC(C)(C)C)C[C@@H]([C@@H]1O)N2C)OCO4. The van der Waals surface area contributed by atoms with Gasteiger partial charge >= 0.3 is 48.9 Å². The number of ether oxygens (including phenoxy) is 22. The van der Waals surface area contributed by atoms with Gasteiger partial charge in [0, 0.05) is 87.2 Å². The van der Waals surface area contributed by atoms with E-state index in [1.165, 1.54) is 52.0 Å². The second-order valence-electron chi connectivity index (χ2n) is 44.2. The van der Waals surface area contributed by atoms with Gasteiger partial charge in [-0.2, -0.15) is 5.26 Å². The van der Waals surface area contributed by atoms with Gasteiger partial charge in [-0.25, -0.2) is 38.4 Å². The Morgan fingerprint density at radius 1 is 0.415 bits per heavy atom. The minimum atomic E-state index is -1.54. The smallest absolute Gasteiger partial charge is 0.493 e.